The van der Waals surface area contributed by atoms with Gasteiger partial charge in [0.05, 0.1) is 0 Å². The first-order valence-electron chi connectivity index (χ1n) is 7.33. The summed E-state index contributed by atoms with van der Waals surface area (Å²) in [6.07, 6.45) is 1.12. The Morgan fingerprint density at radius 3 is 2.70 bits per heavy atom. The van der Waals surface area contributed by atoms with Crippen LogP contribution in [0.3, 0.4) is 0 Å². The van der Waals surface area contributed by atoms with Crippen LogP contribution in [-0.4, -0.2) is 26.2 Å². The number of hydrogen-bond donors (Lipinski definition) is 1. The van der Waals surface area contributed by atoms with Crippen LogP contribution in [0.4, 0.5) is 5.69 Å². The topological polar surface area (TPSA) is 15.3 Å². The maximum atomic E-state index is 3.54. The maximum absolute atomic E-state index is 3.54. The molecule has 0 amide bonds. The summed E-state index contributed by atoms with van der Waals surface area (Å²) in [5.41, 5.74) is 4.15. The molecule has 0 aliphatic rings. The van der Waals surface area contributed by atoms with Crippen LogP contribution in [0.5, 0.6) is 0 Å². The smallest absolute Gasteiger partial charge is 0.0396 e. The van der Waals surface area contributed by atoms with Crippen LogP contribution in [0.15, 0.2) is 41.1 Å². The summed E-state index contributed by atoms with van der Waals surface area (Å²) in [5, 5.41) is 7.92. The molecule has 1 aromatic heterocycles. The summed E-state index contributed by atoms with van der Waals surface area (Å²) in [4.78, 5) is 2.44. The zero-order chi connectivity index (χ0) is 14.2. The van der Waals surface area contributed by atoms with Crippen LogP contribution in [0, 0.1) is 6.92 Å². The molecule has 1 aromatic carbocycles. The lowest BCUT2D eigenvalue weighted by molar-refractivity contribution is 0.662. The van der Waals surface area contributed by atoms with E-state index in [0.717, 1.165) is 32.6 Å². The highest BCUT2D eigenvalue weighted by atomic mass is 32.1. The Hall–Kier alpha value is -1.32. The van der Waals surface area contributed by atoms with E-state index in [9.17, 15) is 0 Å². The predicted octanol–water partition coefficient (Wildman–Crippen LogP) is 3.72. The molecular weight excluding hydrogens is 264 g/mol. The van der Waals surface area contributed by atoms with Gasteiger partial charge in [0.2, 0.25) is 0 Å². The molecule has 2 aromatic rings. The Bertz CT molecular complexity index is 493. The average molecular weight is 288 g/mol. The Morgan fingerprint density at radius 2 is 2.00 bits per heavy atom. The largest absolute Gasteiger partial charge is 0.370 e. The van der Waals surface area contributed by atoms with Crippen molar-refractivity contribution < 1.29 is 0 Å². The van der Waals surface area contributed by atoms with E-state index < -0.39 is 0 Å². The highest BCUT2D eigenvalue weighted by Gasteiger charge is 2.05. The van der Waals surface area contributed by atoms with Crippen molar-refractivity contribution in [3.63, 3.8) is 0 Å². The molecule has 0 aliphatic heterocycles. The second kappa shape index (κ2) is 8.08. The first-order valence-corrected chi connectivity index (χ1v) is 8.28. The fourth-order valence-corrected chi connectivity index (χ4v) is 3.08. The SMILES string of the molecule is CCN(CCNCCc1ccsc1)c1ccccc1C. The summed E-state index contributed by atoms with van der Waals surface area (Å²) in [7, 11) is 0. The molecule has 108 valence electrons. The molecule has 1 heterocycles. The van der Waals surface area contributed by atoms with Crippen LogP contribution in [-0.2, 0) is 6.42 Å². The first kappa shape index (κ1) is 15.1. The van der Waals surface area contributed by atoms with Crippen molar-refractivity contribution in [3.05, 3.63) is 52.2 Å². The summed E-state index contributed by atoms with van der Waals surface area (Å²) in [6, 6.07) is 10.8. The molecule has 0 saturated carbocycles. The number of nitrogens with one attached hydrogen (secondary N) is 1. The van der Waals surface area contributed by atoms with E-state index in [0.29, 0.717) is 0 Å². The fourth-order valence-electron chi connectivity index (χ4n) is 2.37. The van der Waals surface area contributed by atoms with Gasteiger partial charge in [-0.05, 0) is 60.8 Å². The van der Waals surface area contributed by atoms with Crippen molar-refractivity contribution in [2.24, 2.45) is 0 Å². The van der Waals surface area contributed by atoms with Gasteiger partial charge in [-0.1, -0.05) is 18.2 Å². The van der Waals surface area contributed by atoms with Gasteiger partial charge >= 0.3 is 0 Å². The number of aryl methyl sites for hydroxylation is 1. The lowest BCUT2D eigenvalue weighted by atomic mass is 10.2. The molecule has 0 fully saturated rings. The minimum atomic E-state index is 1.03. The molecule has 0 aliphatic carbocycles. The number of hydrogen-bond acceptors (Lipinski definition) is 3. The van der Waals surface area contributed by atoms with E-state index in [-0.39, 0.29) is 0 Å². The van der Waals surface area contributed by atoms with Crippen molar-refractivity contribution in [2.75, 3.05) is 31.1 Å². The van der Waals surface area contributed by atoms with Crippen molar-refractivity contribution in [2.45, 2.75) is 20.3 Å². The maximum Gasteiger partial charge on any atom is 0.0396 e. The molecule has 0 radical (unpaired) electrons. The van der Waals surface area contributed by atoms with E-state index in [2.05, 4.69) is 65.2 Å². The summed E-state index contributed by atoms with van der Waals surface area (Å²) in [6.45, 7) is 8.61. The number of rotatable bonds is 8. The molecule has 3 heteroatoms. The molecule has 1 N–H and O–H groups in total. The Morgan fingerprint density at radius 1 is 1.15 bits per heavy atom. The third-order valence-corrected chi connectivity index (χ3v) is 4.30. The molecule has 20 heavy (non-hydrogen) atoms. The third kappa shape index (κ3) is 4.36. The molecule has 0 spiro atoms. The lowest BCUT2D eigenvalue weighted by Gasteiger charge is -2.25. The zero-order valence-electron chi connectivity index (χ0n) is 12.4. The highest BCUT2D eigenvalue weighted by molar-refractivity contribution is 7.07. The van der Waals surface area contributed by atoms with Crippen LogP contribution in [0.25, 0.3) is 0 Å². The van der Waals surface area contributed by atoms with Gasteiger partial charge in [-0.15, -0.1) is 0 Å². The third-order valence-electron chi connectivity index (χ3n) is 3.57. The molecule has 0 unspecified atom stereocenters. The molecule has 2 nitrogen and oxygen atoms in total. The lowest BCUT2D eigenvalue weighted by Crippen LogP contribution is -2.33. The van der Waals surface area contributed by atoms with Gasteiger partial charge in [-0.25, -0.2) is 0 Å². The average Bonchev–Trinajstić information content (AvgIpc) is 2.97. The number of nitrogens with zero attached hydrogens (tertiary/aromatic N) is 1. The molecule has 0 atom stereocenters. The van der Waals surface area contributed by atoms with Crippen LogP contribution < -0.4 is 10.2 Å². The molecule has 0 saturated heterocycles. The van der Waals surface area contributed by atoms with Gasteiger partial charge in [0.15, 0.2) is 0 Å². The summed E-state index contributed by atoms with van der Waals surface area (Å²) in [5.74, 6) is 0. The van der Waals surface area contributed by atoms with Crippen LogP contribution >= 0.6 is 11.3 Å². The van der Waals surface area contributed by atoms with Crippen molar-refractivity contribution in [1.82, 2.24) is 5.32 Å². The van der Waals surface area contributed by atoms with E-state index in [1.807, 2.05) is 0 Å². The Balaban J connectivity index is 1.73. The van der Waals surface area contributed by atoms with Gasteiger partial charge in [0.25, 0.3) is 0 Å². The predicted molar refractivity (Wildman–Crippen MR) is 90.0 cm³/mol. The number of para-hydroxylation sites is 1. The van der Waals surface area contributed by atoms with Gasteiger partial charge in [0, 0.05) is 25.3 Å². The Kier molecular flexibility index (Phi) is 6.09. The molecular formula is C17H24N2S. The first-order chi connectivity index (χ1) is 9.81. The zero-order valence-corrected chi connectivity index (χ0v) is 13.2. The summed E-state index contributed by atoms with van der Waals surface area (Å²) >= 11 is 1.77. The number of anilines is 1. The van der Waals surface area contributed by atoms with Gasteiger partial charge in [0.1, 0.15) is 0 Å². The summed E-state index contributed by atoms with van der Waals surface area (Å²) < 4.78 is 0. The van der Waals surface area contributed by atoms with Gasteiger partial charge in [-0.2, -0.15) is 11.3 Å². The minimum absolute atomic E-state index is 1.03. The molecule has 2 rings (SSSR count). The number of benzene rings is 1. The Labute approximate surface area is 126 Å². The van der Waals surface area contributed by atoms with E-state index in [1.165, 1.54) is 16.8 Å². The van der Waals surface area contributed by atoms with Crippen molar-refractivity contribution in [1.29, 1.82) is 0 Å². The monoisotopic (exact) mass is 288 g/mol. The second-order valence-corrected chi connectivity index (χ2v) is 5.78. The normalized spacial score (nSPS) is 10.7. The van der Waals surface area contributed by atoms with E-state index in [4.69, 9.17) is 0 Å². The fraction of sp³-hybridized carbons (Fsp3) is 0.412. The quantitative estimate of drug-likeness (QED) is 0.745. The highest BCUT2D eigenvalue weighted by Crippen LogP contribution is 2.18. The molecule has 0 bridgehead atoms. The number of thiophene rings is 1. The van der Waals surface area contributed by atoms with E-state index in [1.54, 1.807) is 11.3 Å². The van der Waals surface area contributed by atoms with Gasteiger partial charge in [-0.3, -0.25) is 0 Å². The standard InChI is InChI=1S/C17H24N2S/c1-3-19(17-7-5-4-6-15(17)2)12-11-18-10-8-16-9-13-20-14-16/h4-7,9,13-14,18H,3,8,10-12H2,1-2H3. The van der Waals surface area contributed by atoms with Crippen molar-refractivity contribution in [3.8, 4) is 0 Å². The van der Waals surface area contributed by atoms with Crippen molar-refractivity contribution >= 4 is 17.0 Å². The second-order valence-electron chi connectivity index (χ2n) is 5.00. The van der Waals surface area contributed by atoms with E-state index >= 15 is 0 Å². The number of likely N-dealkylation sites (N-methyl/N-ethyl adjacent to an activating group) is 1. The van der Waals surface area contributed by atoms with Gasteiger partial charge < -0.3 is 10.2 Å². The minimum Gasteiger partial charge on any atom is -0.370 e. The van der Waals surface area contributed by atoms with Crippen LogP contribution in [0.1, 0.15) is 18.1 Å². The van der Waals surface area contributed by atoms with Crippen LogP contribution in [0.2, 0.25) is 0 Å².